The zero-order valence-corrected chi connectivity index (χ0v) is 11.9. The molecule has 0 heterocycles. The van der Waals surface area contributed by atoms with Crippen LogP contribution in [0.15, 0.2) is 60.7 Å². The van der Waals surface area contributed by atoms with Gasteiger partial charge in [-0.1, -0.05) is 66.8 Å². The molecule has 0 saturated carbocycles. The molecule has 0 aromatic heterocycles. The molecule has 0 aliphatic rings. The maximum Gasteiger partial charge on any atom is -0.0198 e. The largest absolute Gasteiger partial charge is 0.0620 e. The van der Waals surface area contributed by atoms with Gasteiger partial charge in [0, 0.05) is 0 Å². The first-order valence-corrected chi connectivity index (χ1v) is 6.65. The van der Waals surface area contributed by atoms with E-state index in [1.807, 2.05) is 0 Å². The lowest BCUT2D eigenvalue weighted by atomic mass is 10.0. The van der Waals surface area contributed by atoms with Crippen LogP contribution in [-0.4, -0.2) is 0 Å². The summed E-state index contributed by atoms with van der Waals surface area (Å²) in [6.45, 7) is 6.44. The first-order valence-electron chi connectivity index (χ1n) is 6.65. The van der Waals surface area contributed by atoms with E-state index in [-0.39, 0.29) is 0 Å². The van der Waals surface area contributed by atoms with Crippen LogP contribution in [-0.2, 0) is 0 Å². The third-order valence-corrected chi connectivity index (χ3v) is 3.38. The van der Waals surface area contributed by atoms with Crippen LogP contribution in [0.1, 0.15) is 29.2 Å². The molecule has 0 aliphatic carbocycles. The number of benzene rings is 2. The standard InChI is InChI=1S/C19H20/c1-15-9-4-6-12-18(15)13-8-11-17(3)19-14-7-5-10-16(19)2/h4-14H,1-3H3. The van der Waals surface area contributed by atoms with Gasteiger partial charge in [0.2, 0.25) is 0 Å². The Morgan fingerprint density at radius 3 is 2.16 bits per heavy atom. The van der Waals surface area contributed by atoms with E-state index in [0.717, 1.165) is 0 Å². The summed E-state index contributed by atoms with van der Waals surface area (Å²) in [6.07, 6.45) is 6.47. The Labute approximate surface area is 116 Å². The van der Waals surface area contributed by atoms with Crippen LogP contribution < -0.4 is 0 Å². The van der Waals surface area contributed by atoms with Crippen molar-refractivity contribution in [1.29, 1.82) is 0 Å². The van der Waals surface area contributed by atoms with E-state index < -0.39 is 0 Å². The van der Waals surface area contributed by atoms with Crippen LogP contribution in [0, 0.1) is 13.8 Å². The lowest BCUT2D eigenvalue weighted by Gasteiger charge is -2.04. The van der Waals surface area contributed by atoms with Gasteiger partial charge in [-0.3, -0.25) is 0 Å². The summed E-state index contributed by atoms with van der Waals surface area (Å²) in [4.78, 5) is 0. The second-order valence-corrected chi connectivity index (χ2v) is 4.88. The second-order valence-electron chi connectivity index (χ2n) is 4.88. The highest BCUT2D eigenvalue weighted by atomic mass is 14.0. The molecule has 0 N–H and O–H groups in total. The highest BCUT2D eigenvalue weighted by molar-refractivity contribution is 5.69. The number of allylic oxidation sites excluding steroid dienone is 3. The number of hydrogen-bond donors (Lipinski definition) is 0. The molecule has 0 fully saturated rings. The second kappa shape index (κ2) is 6.19. The summed E-state index contributed by atoms with van der Waals surface area (Å²) in [7, 11) is 0. The lowest BCUT2D eigenvalue weighted by molar-refractivity contribution is 1.41. The predicted molar refractivity (Wildman–Crippen MR) is 85.0 cm³/mol. The molecule has 0 radical (unpaired) electrons. The molecule has 0 heteroatoms. The van der Waals surface area contributed by atoms with Crippen molar-refractivity contribution in [2.45, 2.75) is 20.8 Å². The number of hydrogen-bond acceptors (Lipinski definition) is 0. The Bertz CT molecular complexity index is 615. The van der Waals surface area contributed by atoms with E-state index in [1.165, 1.54) is 27.8 Å². The molecular formula is C19H20. The average molecular weight is 248 g/mol. The van der Waals surface area contributed by atoms with Crippen LogP contribution >= 0.6 is 0 Å². The molecule has 0 saturated heterocycles. The van der Waals surface area contributed by atoms with E-state index in [2.05, 4.69) is 87.5 Å². The molecule has 0 aliphatic heterocycles. The summed E-state index contributed by atoms with van der Waals surface area (Å²) in [6, 6.07) is 16.9. The summed E-state index contributed by atoms with van der Waals surface area (Å²) < 4.78 is 0. The third-order valence-electron chi connectivity index (χ3n) is 3.38. The maximum absolute atomic E-state index is 2.18. The zero-order chi connectivity index (χ0) is 13.7. The van der Waals surface area contributed by atoms with Gasteiger partial charge in [0.25, 0.3) is 0 Å². The van der Waals surface area contributed by atoms with Crippen molar-refractivity contribution in [3.05, 3.63) is 82.9 Å². The van der Waals surface area contributed by atoms with Crippen molar-refractivity contribution in [1.82, 2.24) is 0 Å². The normalized spacial score (nSPS) is 12.1. The molecule has 0 nitrogen and oxygen atoms in total. The number of aryl methyl sites for hydroxylation is 2. The van der Waals surface area contributed by atoms with Gasteiger partial charge >= 0.3 is 0 Å². The SMILES string of the molecule is CC(=CC=Cc1ccccc1C)c1ccccc1C. The predicted octanol–water partition coefficient (Wildman–Crippen LogP) is 5.42. The molecule has 2 aromatic carbocycles. The highest BCUT2D eigenvalue weighted by Gasteiger charge is 1.97. The van der Waals surface area contributed by atoms with Gasteiger partial charge < -0.3 is 0 Å². The molecule has 96 valence electrons. The average Bonchev–Trinajstić information content (AvgIpc) is 2.41. The van der Waals surface area contributed by atoms with E-state index in [0.29, 0.717) is 0 Å². The van der Waals surface area contributed by atoms with Crippen LogP contribution in [0.25, 0.3) is 11.6 Å². The minimum atomic E-state index is 1.27. The van der Waals surface area contributed by atoms with E-state index in [4.69, 9.17) is 0 Å². The van der Waals surface area contributed by atoms with Gasteiger partial charge in [-0.2, -0.15) is 0 Å². The molecule has 2 aromatic rings. The van der Waals surface area contributed by atoms with E-state index in [1.54, 1.807) is 0 Å². The molecule has 2 rings (SSSR count). The lowest BCUT2D eigenvalue weighted by Crippen LogP contribution is -1.83. The van der Waals surface area contributed by atoms with Crippen molar-refractivity contribution in [3.8, 4) is 0 Å². The first kappa shape index (κ1) is 13.4. The van der Waals surface area contributed by atoms with Gasteiger partial charge in [0.15, 0.2) is 0 Å². The fourth-order valence-corrected chi connectivity index (χ4v) is 2.18. The van der Waals surface area contributed by atoms with Gasteiger partial charge in [-0.25, -0.2) is 0 Å². The molecular weight excluding hydrogens is 228 g/mol. The van der Waals surface area contributed by atoms with Crippen molar-refractivity contribution in [2.75, 3.05) is 0 Å². The minimum absolute atomic E-state index is 1.27. The third kappa shape index (κ3) is 3.45. The zero-order valence-electron chi connectivity index (χ0n) is 11.9. The smallest absolute Gasteiger partial charge is 0.0198 e. The molecule has 0 spiro atoms. The molecule has 0 bridgehead atoms. The van der Waals surface area contributed by atoms with Crippen molar-refractivity contribution in [2.24, 2.45) is 0 Å². The van der Waals surface area contributed by atoms with Crippen LogP contribution in [0.5, 0.6) is 0 Å². The van der Waals surface area contributed by atoms with Crippen molar-refractivity contribution >= 4 is 11.6 Å². The molecule has 0 amide bonds. The van der Waals surface area contributed by atoms with Crippen molar-refractivity contribution < 1.29 is 0 Å². The summed E-state index contributed by atoms with van der Waals surface area (Å²) >= 11 is 0. The summed E-state index contributed by atoms with van der Waals surface area (Å²) in [5.74, 6) is 0. The fourth-order valence-electron chi connectivity index (χ4n) is 2.18. The Balaban J connectivity index is 2.19. The maximum atomic E-state index is 2.18. The van der Waals surface area contributed by atoms with Crippen LogP contribution in [0.3, 0.4) is 0 Å². The quantitative estimate of drug-likeness (QED) is 0.636. The van der Waals surface area contributed by atoms with Gasteiger partial charge in [0.1, 0.15) is 0 Å². The Morgan fingerprint density at radius 1 is 0.842 bits per heavy atom. The molecule has 19 heavy (non-hydrogen) atoms. The van der Waals surface area contributed by atoms with Gasteiger partial charge in [-0.15, -0.1) is 0 Å². The molecule has 0 unspecified atom stereocenters. The van der Waals surface area contributed by atoms with Gasteiger partial charge in [0.05, 0.1) is 0 Å². The highest BCUT2D eigenvalue weighted by Crippen LogP contribution is 2.18. The topological polar surface area (TPSA) is 0 Å². The summed E-state index contributed by atoms with van der Waals surface area (Å²) in [5, 5.41) is 0. The Hall–Kier alpha value is -2.08. The Morgan fingerprint density at radius 2 is 1.47 bits per heavy atom. The fraction of sp³-hybridized carbons (Fsp3) is 0.158. The van der Waals surface area contributed by atoms with E-state index >= 15 is 0 Å². The van der Waals surface area contributed by atoms with Crippen LogP contribution in [0.4, 0.5) is 0 Å². The van der Waals surface area contributed by atoms with Gasteiger partial charge in [-0.05, 0) is 48.6 Å². The number of rotatable bonds is 3. The first-order chi connectivity index (χ1) is 9.18. The molecule has 0 atom stereocenters. The van der Waals surface area contributed by atoms with Crippen molar-refractivity contribution in [3.63, 3.8) is 0 Å². The monoisotopic (exact) mass is 248 g/mol. The minimum Gasteiger partial charge on any atom is -0.0620 e. The summed E-state index contributed by atoms with van der Waals surface area (Å²) in [5.41, 5.74) is 6.51. The van der Waals surface area contributed by atoms with E-state index in [9.17, 15) is 0 Å². The Kier molecular flexibility index (Phi) is 4.35. The van der Waals surface area contributed by atoms with Crippen LogP contribution in [0.2, 0.25) is 0 Å².